The van der Waals surface area contributed by atoms with Crippen molar-refractivity contribution in [3.63, 3.8) is 0 Å². The standard InChI is InChI=1S/C27H30FNO/c1-17(2)20-7-6-18-4-3-5-22-10-8-19-9-12-24(27(19)29-22)25-15-23(11-13-26(25)28)30-16-21(18)14-20/h8-13,15,18-21H,1,3-7,14,16H2,2H3. The van der Waals surface area contributed by atoms with Gasteiger partial charge in [-0.1, -0.05) is 30.4 Å². The summed E-state index contributed by atoms with van der Waals surface area (Å²) in [4.78, 5) is 4.96. The van der Waals surface area contributed by atoms with Crippen molar-refractivity contribution >= 4 is 11.3 Å². The van der Waals surface area contributed by atoms with Crippen molar-refractivity contribution in [1.82, 2.24) is 0 Å². The van der Waals surface area contributed by atoms with Crippen molar-refractivity contribution < 1.29 is 9.13 Å². The summed E-state index contributed by atoms with van der Waals surface area (Å²) in [5.41, 5.74) is 4.87. The molecule has 2 aliphatic heterocycles. The van der Waals surface area contributed by atoms with E-state index in [9.17, 15) is 4.39 Å². The summed E-state index contributed by atoms with van der Waals surface area (Å²) >= 11 is 0. The maximum atomic E-state index is 14.8. The van der Waals surface area contributed by atoms with Gasteiger partial charge in [-0.25, -0.2) is 4.39 Å². The van der Waals surface area contributed by atoms with Gasteiger partial charge in [-0.2, -0.15) is 0 Å². The molecule has 0 N–H and O–H groups in total. The zero-order valence-electron chi connectivity index (χ0n) is 17.7. The minimum atomic E-state index is -0.216. The lowest BCUT2D eigenvalue weighted by Crippen LogP contribution is -2.30. The Morgan fingerprint density at radius 1 is 1.13 bits per heavy atom. The second-order valence-electron chi connectivity index (χ2n) is 9.37. The van der Waals surface area contributed by atoms with Crippen LogP contribution in [0, 0.1) is 29.5 Å². The largest absolute Gasteiger partial charge is 0.493 e. The Kier molecular flexibility index (Phi) is 5.22. The number of allylic oxidation sites excluding steroid dienone is 5. The van der Waals surface area contributed by atoms with Crippen molar-refractivity contribution in [2.24, 2.45) is 28.7 Å². The van der Waals surface area contributed by atoms with Crippen LogP contribution >= 0.6 is 0 Å². The smallest absolute Gasteiger partial charge is 0.131 e. The Labute approximate surface area is 178 Å². The van der Waals surface area contributed by atoms with Gasteiger partial charge < -0.3 is 4.74 Å². The molecule has 1 fully saturated rings. The van der Waals surface area contributed by atoms with Crippen molar-refractivity contribution in [2.45, 2.75) is 45.4 Å². The van der Waals surface area contributed by atoms with Gasteiger partial charge in [-0.05, 0) is 87.5 Å². The highest BCUT2D eigenvalue weighted by atomic mass is 19.1. The SMILES string of the molecule is C=C(C)C1CCC2CCCC3=NC4=C(C=CC4C=C3)c3cc(ccc3F)OCC2C1. The third kappa shape index (κ3) is 3.71. The van der Waals surface area contributed by atoms with E-state index < -0.39 is 0 Å². The van der Waals surface area contributed by atoms with Gasteiger partial charge in [0.25, 0.3) is 0 Å². The van der Waals surface area contributed by atoms with Crippen LogP contribution in [-0.4, -0.2) is 12.3 Å². The number of aliphatic imine (C=N–C) groups is 1. The first-order chi connectivity index (χ1) is 14.6. The van der Waals surface area contributed by atoms with Gasteiger partial charge >= 0.3 is 0 Å². The Bertz CT molecular complexity index is 983. The van der Waals surface area contributed by atoms with Gasteiger partial charge in [0.05, 0.1) is 12.3 Å². The third-order valence-corrected chi connectivity index (χ3v) is 7.36. The van der Waals surface area contributed by atoms with E-state index in [0.717, 1.165) is 42.0 Å². The van der Waals surface area contributed by atoms with Crippen LogP contribution in [0.1, 0.15) is 51.0 Å². The number of hydrogen-bond acceptors (Lipinski definition) is 2. The fraction of sp³-hybridized carbons (Fsp3) is 0.444. The molecule has 4 aliphatic rings. The van der Waals surface area contributed by atoms with E-state index in [1.165, 1.54) is 30.9 Å². The predicted molar refractivity (Wildman–Crippen MR) is 121 cm³/mol. The molecule has 0 radical (unpaired) electrons. The number of rotatable bonds is 1. The van der Waals surface area contributed by atoms with Crippen LogP contribution in [-0.2, 0) is 0 Å². The summed E-state index contributed by atoms with van der Waals surface area (Å²) in [7, 11) is 0. The van der Waals surface area contributed by atoms with Gasteiger partial charge in [0.2, 0.25) is 0 Å². The molecule has 5 rings (SSSR count). The van der Waals surface area contributed by atoms with Gasteiger partial charge in [-0.3, -0.25) is 4.99 Å². The molecule has 2 heterocycles. The zero-order chi connectivity index (χ0) is 20.7. The van der Waals surface area contributed by atoms with Crippen LogP contribution in [0.4, 0.5) is 4.39 Å². The molecule has 4 bridgehead atoms. The summed E-state index contributed by atoms with van der Waals surface area (Å²) in [6.45, 7) is 7.07. The molecule has 0 spiro atoms. The van der Waals surface area contributed by atoms with E-state index >= 15 is 0 Å². The molecule has 2 nitrogen and oxygen atoms in total. The second-order valence-corrected chi connectivity index (χ2v) is 9.37. The van der Waals surface area contributed by atoms with Gasteiger partial charge in [0.15, 0.2) is 0 Å². The first kappa shape index (κ1) is 19.5. The molecular weight excluding hydrogens is 373 g/mol. The number of halogens is 1. The van der Waals surface area contributed by atoms with E-state index in [0.29, 0.717) is 29.9 Å². The number of ether oxygens (including phenoxy) is 1. The normalized spacial score (nSPS) is 30.3. The zero-order valence-corrected chi connectivity index (χ0v) is 17.7. The molecule has 4 unspecified atom stereocenters. The average molecular weight is 404 g/mol. The van der Waals surface area contributed by atoms with Crippen molar-refractivity contribution in [1.29, 1.82) is 0 Å². The number of benzene rings is 1. The molecule has 0 aromatic heterocycles. The summed E-state index contributed by atoms with van der Waals surface area (Å²) in [5.74, 6) is 2.48. The lowest BCUT2D eigenvalue weighted by Gasteiger charge is -2.36. The molecular formula is C27H30FNO. The Balaban J connectivity index is 1.50. The van der Waals surface area contributed by atoms with Crippen LogP contribution in [0.5, 0.6) is 5.75 Å². The fourth-order valence-electron chi connectivity index (χ4n) is 5.53. The van der Waals surface area contributed by atoms with Crippen LogP contribution in [0.3, 0.4) is 0 Å². The first-order valence-corrected chi connectivity index (χ1v) is 11.3. The Morgan fingerprint density at radius 3 is 2.87 bits per heavy atom. The quantitative estimate of drug-likeness (QED) is 0.467. The summed E-state index contributed by atoms with van der Waals surface area (Å²) < 4.78 is 21.0. The summed E-state index contributed by atoms with van der Waals surface area (Å²) in [6, 6.07) is 5.15. The van der Waals surface area contributed by atoms with Gasteiger partial charge in [0, 0.05) is 22.8 Å². The minimum Gasteiger partial charge on any atom is -0.493 e. The molecule has 1 aromatic carbocycles. The highest BCUT2D eigenvalue weighted by Gasteiger charge is 2.32. The molecule has 2 aliphatic carbocycles. The van der Waals surface area contributed by atoms with E-state index in [4.69, 9.17) is 9.73 Å². The first-order valence-electron chi connectivity index (χ1n) is 11.3. The second kappa shape index (κ2) is 8.02. The van der Waals surface area contributed by atoms with Crippen molar-refractivity contribution in [3.05, 3.63) is 71.7 Å². The maximum Gasteiger partial charge on any atom is 0.131 e. The topological polar surface area (TPSA) is 21.6 Å². The molecule has 30 heavy (non-hydrogen) atoms. The lowest BCUT2D eigenvalue weighted by molar-refractivity contribution is 0.120. The predicted octanol–water partition coefficient (Wildman–Crippen LogP) is 6.90. The van der Waals surface area contributed by atoms with Crippen LogP contribution in [0.15, 0.2) is 65.3 Å². The van der Waals surface area contributed by atoms with Gasteiger partial charge in [-0.15, -0.1) is 0 Å². The van der Waals surface area contributed by atoms with E-state index in [1.54, 1.807) is 6.07 Å². The van der Waals surface area contributed by atoms with Crippen LogP contribution < -0.4 is 4.74 Å². The summed E-state index contributed by atoms with van der Waals surface area (Å²) in [6.07, 6.45) is 15.5. The molecule has 156 valence electrons. The highest BCUT2D eigenvalue weighted by Crippen LogP contribution is 2.41. The minimum absolute atomic E-state index is 0.155. The van der Waals surface area contributed by atoms with E-state index in [1.807, 2.05) is 12.1 Å². The van der Waals surface area contributed by atoms with E-state index in [-0.39, 0.29) is 11.7 Å². The number of hydrogen-bond donors (Lipinski definition) is 0. The number of nitrogens with zero attached hydrogens (tertiary/aromatic N) is 1. The maximum absolute atomic E-state index is 14.8. The summed E-state index contributed by atoms with van der Waals surface area (Å²) in [5, 5.41) is 0. The lowest BCUT2D eigenvalue weighted by atomic mass is 9.70. The number of dihydropyridines is 1. The van der Waals surface area contributed by atoms with Crippen LogP contribution in [0.25, 0.3) is 5.57 Å². The van der Waals surface area contributed by atoms with Crippen molar-refractivity contribution in [3.8, 4) is 5.75 Å². The molecule has 4 atom stereocenters. The van der Waals surface area contributed by atoms with Gasteiger partial charge in [0.1, 0.15) is 11.6 Å². The molecule has 0 amide bonds. The Morgan fingerprint density at radius 2 is 2.00 bits per heavy atom. The highest BCUT2D eigenvalue weighted by molar-refractivity contribution is 5.98. The molecule has 3 heteroatoms. The fourth-order valence-corrected chi connectivity index (χ4v) is 5.53. The third-order valence-electron chi connectivity index (χ3n) is 7.36. The monoisotopic (exact) mass is 403 g/mol. The van der Waals surface area contributed by atoms with E-state index in [2.05, 4.69) is 31.7 Å². The van der Waals surface area contributed by atoms with Crippen LogP contribution in [0.2, 0.25) is 0 Å². The molecule has 1 saturated carbocycles. The number of fused-ring (bicyclic) bond motifs is 4. The Hall–Kier alpha value is -2.42. The molecule has 1 aromatic rings. The average Bonchev–Trinajstić information content (AvgIpc) is 3.16. The van der Waals surface area contributed by atoms with Crippen molar-refractivity contribution in [2.75, 3.05) is 6.61 Å². The molecule has 0 saturated heterocycles.